The second kappa shape index (κ2) is 7.46. The predicted octanol–water partition coefficient (Wildman–Crippen LogP) is -0.0127. The highest BCUT2D eigenvalue weighted by Crippen LogP contribution is 2.40. The number of fused-ring (bicyclic) bond motifs is 1. The smallest absolute Gasteiger partial charge is 0.353 e. The van der Waals surface area contributed by atoms with Crippen LogP contribution in [0.4, 0.5) is 0 Å². The van der Waals surface area contributed by atoms with E-state index in [1.54, 1.807) is 18.5 Å². The highest BCUT2D eigenvalue weighted by Gasteiger charge is 2.55. The van der Waals surface area contributed by atoms with E-state index in [9.17, 15) is 24.3 Å². The molecular weight excluding hydrogens is 382 g/mol. The van der Waals surface area contributed by atoms with E-state index in [1.165, 1.54) is 23.1 Å². The zero-order valence-corrected chi connectivity index (χ0v) is 15.3. The van der Waals surface area contributed by atoms with E-state index in [1.807, 2.05) is 0 Å². The maximum absolute atomic E-state index is 12.4. The van der Waals surface area contributed by atoms with Crippen molar-refractivity contribution < 1.29 is 29.0 Å². The minimum absolute atomic E-state index is 0.0501. The zero-order chi connectivity index (χ0) is 18.8. The molecule has 1 aromatic rings. The molecule has 26 heavy (non-hydrogen) atoms. The first-order valence-electron chi connectivity index (χ1n) is 7.70. The van der Waals surface area contributed by atoms with Gasteiger partial charge < -0.3 is 15.2 Å². The van der Waals surface area contributed by atoms with E-state index in [0.29, 0.717) is 5.01 Å². The first-order valence-corrected chi connectivity index (χ1v) is 9.62. The Labute approximate surface area is 156 Å². The van der Waals surface area contributed by atoms with Crippen LogP contribution in [0.3, 0.4) is 0 Å². The van der Waals surface area contributed by atoms with Crippen LogP contribution in [-0.2, 0) is 30.3 Å². The summed E-state index contributed by atoms with van der Waals surface area (Å²) in [5.74, 6) is -2.96. The summed E-state index contributed by atoms with van der Waals surface area (Å²) < 4.78 is 4.87. The van der Waals surface area contributed by atoms with Gasteiger partial charge in [0, 0.05) is 17.3 Å². The molecule has 11 heteroatoms. The minimum Gasteiger partial charge on any atom is -0.477 e. The SMILES string of the molecule is CCOC(=O)C1=C(C(=O)O)N2C(=O)C(NC(=O)Cc3nccs3)[C@H]2SC1. The molecule has 3 heterocycles. The van der Waals surface area contributed by atoms with Crippen molar-refractivity contribution in [2.75, 3.05) is 12.4 Å². The number of carbonyl (C=O) groups is 4. The summed E-state index contributed by atoms with van der Waals surface area (Å²) in [5.41, 5.74) is -0.427. The molecule has 1 saturated heterocycles. The summed E-state index contributed by atoms with van der Waals surface area (Å²) in [6, 6.07) is -0.828. The van der Waals surface area contributed by atoms with Crippen LogP contribution in [0.2, 0.25) is 0 Å². The van der Waals surface area contributed by atoms with Gasteiger partial charge in [-0.05, 0) is 6.92 Å². The first kappa shape index (κ1) is 18.4. The van der Waals surface area contributed by atoms with Gasteiger partial charge in [-0.2, -0.15) is 0 Å². The van der Waals surface area contributed by atoms with Crippen LogP contribution in [0.15, 0.2) is 22.8 Å². The van der Waals surface area contributed by atoms with Gasteiger partial charge in [-0.1, -0.05) is 0 Å². The number of rotatable bonds is 6. The fourth-order valence-corrected chi connectivity index (χ4v) is 4.64. The second-order valence-corrected chi connectivity index (χ2v) is 7.49. The molecule has 0 aromatic carbocycles. The molecule has 0 radical (unpaired) electrons. The van der Waals surface area contributed by atoms with Gasteiger partial charge in [0.2, 0.25) is 5.91 Å². The van der Waals surface area contributed by atoms with Crippen molar-refractivity contribution in [1.29, 1.82) is 0 Å². The Morgan fingerprint density at radius 2 is 2.23 bits per heavy atom. The van der Waals surface area contributed by atoms with Crippen LogP contribution in [0.25, 0.3) is 0 Å². The van der Waals surface area contributed by atoms with Crippen LogP contribution < -0.4 is 5.32 Å². The number of amides is 2. The van der Waals surface area contributed by atoms with Crippen molar-refractivity contribution in [3.05, 3.63) is 27.9 Å². The molecule has 2 N–H and O–H groups in total. The third-order valence-electron chi connectivity index (χ3n) is 3.80. The Morgan fingerprint density at radius 3 is 2.85 bits per heavy atom. The lowest BCUT2D eigenvalue weighted by Crippen LogP contribution is -2.70. The third kappa shape index (κ3) is 3.31. The van der Waals surface area contributed by atoms with E-state index < -0.39 is 29.3 Å². The lowest BCUT2D eigenvalue weighted by atomic mass is 10.0. The van der Waals surface area contributed by atoms with Gasteiger partial charge >= 0.3 is 11.9 Å². The maximum Gasteiger partial charge on any atom is 0.353 e. The number of aromatic nitrogens is 1. The van der Waals surface area contributed by atoms with Gasteiger partial charge in [-0.3, -0.25) is 14.5 Å². The largest absolute Gasteiger partial charge is 0.477 e. The predicted molar refractivity (Wildman–Crippen MR) is 92.1 cm³/mol. The Hall–Kier alpha value is -2.40. The van der Waals surface area contributed by atoms with Gasteiger partial charge in [0.15, 0.2) is 0 Å². The third-order valence-corrected chi connectivity index (χ3v) is 5.86. The average Bonchev–Trinajstić information content (AvgIpc) is 3.11. The number of ether oxygens (including phenoxy) is 1. The second-order valence-electron chi connectivity index (χ2n) is 5.41. The summed E-state index contributed by atoms with van der Waals surface area (Å²) in [4.78, 5) is 53.1. The van der Waals surface area contributed by atoms with Crippen molar-refractivity contribution >= 4 is 46.9 Å². The van der Waals surface area contributed by atoms with Crippen molar-refractivity contribution in [1.82, 2.24) is 15.2 Å². The molecule has 2 aliphatic heterocycles. The molecule has 2 atom stereocenters. The molecule has 2 aliphatic rings. The number of hydrogen-bond acceptors (Lipinski definition) is 8. The number of nitrogens with zero attached hydrogens (tertiary/aromatic N) is 2. The Kier molecular flexibility index (Phi) is 5.28. The Bertz CT molecular complexity index is 791. The molecule has 3 rings (SSSR count). The molecule has 0 saturated carbocycles. The summed E-state index contributed by atoms with van der Waals surface area (Å²) in [7, 11) is 0. The topological polar surface area (TPSA) is 126 Å². The van der Waals surface area contributed by atoms with Crippen LogP contribution in [0.5, 0.6) is 0 Å². The fraction of sp³-hybridized carbons (Fsp3) is 0.400. The number of thioether (sulfide) groups is 1. The van der Waals surface area contributed by atoms with E-state index in [4.69, 9.17) is 4.74 Å². The lowest BCUT2D eigenvalue weighted by Gasteiger charge is -2.49. The molecule has 9 nitrogen and oxygen atoms in total. The number of esters is 1. The van der Waals surface area contributed by atoms with Gasteiger partial charge in [-0.25, -0.2) is 14.6 Å². The highest BCUT2D eigenvalue weighted by atomic mass is 32.2. The maximum atomic E-state index is 12.4. The molecule has 1 unspecified atom stereocenters. The summed E-state index contributed by atoms with van der Waals surface area (Å²) in [6.45, 7) is 1.72. The van der Waals surface area contributed by atoms with Gasteiger partial charge in [0.1, 0.15) is 22.1 Å². The quantitative estimate of drug-likeness (QED) is 0.507. The number of hydrogen-bond donors (Lipinski definition) is 2. The molecule has 2 amide bonds. The number of carboxylic acid groups (broad SMARTS) is 1. The number of β-lactam (4-membered cyclic amide) rings is 1. The number of nitrogens with one attached hydrogen (secondary N) is 1. The number of carboxylic acids is 1. The van der Waals surface area contributed by atoms with E-state index in [0.717, 1.165) is 4.90 Å². The van der Waals surface area contributed by atoms with E-state index in [2.05, 4.69) is 10.3 Å². The van der Waals surface area contributed by atoms with Crippen molar-refractivity contribution in [3.8, 4) is 0 Å². The van der Waals surface area contributed by atoms with Gasteiger partial charge in [0.05, 0.1) is 18.6 Å². The summed E-state index contributed by atoms with van der Waals surface area (Å²) in [5, 5.41) is 13.9. The number of aliphatic carboxylic acids is 1. The number of thiazole rings is 1. The highest BCUT2D eigenvalue weighted by molar-refractivity contribution is 8.00. The van der Waals surface area contributed by atoms with Gasteiger partial charge in [0.25, 0.3) is 5.91 Å². The Balaban J connectivity index is 1.73. The minimum atomic E-state index is -1.38. The van der Waals surface area contributed by atoms with Crippen molar-refractivity contribution in [2.45, 2.75) is 24.8 Å². The van der Waals surface area contributed by atoms with Crippen LogP contribution in [0.1, 0.15) is 11.9 Å². The van der Waals surface area contributed by atoms with Crippen molar-refractivity contribution in [3.63, 3.8) is 0 Å². The summed E-state index contributed by atoms with van der Waals surface area (Å²) >= 11 is 2.54. The Morgan fingerprint density at radius 1 is 1.46 bits per heavy atom. The van der Waals surface area contributed by atoms with Crippen LogP contribution >= 0.6 is 23.1 Å². The molecule has 138 valence electrons. The monoisotopic (exact) mass is 397 g/mol. The van der Waals surface area contributed by atoms with E-state index in [-0.39, 0.29) is 36.0 Å². The lowest BCUT2D eigenvalue weighted by molar-refractivity contribution is -0.151. The van der Waals surface area contributed by atoms with E-state index >= 15 is 0 Å². The normalized spacial score (nSPS) is 21.7. The number of carbonyl (C=O) groups excluding carboxylic acids is 3. The first-order chi connectivity index (χ1) is 12.4. The molecule has 1 aromatic heterocycles. The molecule has 1 fully saturated rings. The standard InChI is InChI=1S/C15H15N3O6S2/c1-2-24-15(23)7-6-26-13-10(12(20)18(13)11(7)14(21)22)17-8(19)5-9-16-3-4-25-9/h3-4,10,13H,2,5-6H2,1H3,(H,17,19)(H,21,22)/t10?,13-/m1/s1. The molecular formula is C15H15N3O6S2. The van der Waals surface area contributed by atoms with Gasteiger partial charge in [-0.15, -0.1) is 23.1 Å². The zero-order valence-electron chi connectivity index (χ0n) is 13.6. The average molecular weight is 397 g/mol. The fourth-order valence-electron chi connectivity index (χ4n) is 2.70. The van der Waals surface area contributed by atoms with Crippen LogP contribution in [0, 0.1) is 0 Å². The molecule has 0 bridgehead atoms. The van der Waals surface area contributed by atoms with Crippen LogP contribution in [-0.4, -0.2) is 62.5 Å². The van der Waals surface area contributed by atoms with Crippen molar-refractivity contribution in [2.24, 2.45) is 0 Å². The molecule has 0 aliphatic carbocycles. The summed E-state index contributed by atoms with van der Waals surface area (Å²) in [6.07, 6.45) is 1.63. The molecule has 0 spiro atoms.